The Labute approximate surface area is 415 Å². The Bertz CT molecular complexity index is 3110. The van der Waals surface area contributed by atoms with Crippen molar-refractivity contribution in [1.82, 2.24) is 18.7 Å². The first-order valence-electron chi connectivity index (χ1n) is 22.2. The van der Waals surface area contributed by atoms with Crippen LogP contribution >= 0.6 is 46.4 Å². The lowest BCUT2D eigenvalue weighted by molar-refractivity contribution is -0.136. The molecule has 2 aliphatic rings. The Morgan fingerprint density at radius 1 is 0.783 bits per heavy atom. The third-order valence-electron chi connectivity index (χ3n) is 11.9. The second-order valence-corrected chi connectivity index (χ2v) is 18.1. The van der Waals surface area contributed by atoms with Crippen LogP contribution < -0.4 is 25.3 Å². The SMILES string of the molecule is C=CCOC(=O)/C=C(\COc1cc([C@@H](C)CC2CCn3c(Cl)c(-c4cc(Oc5ccccc5O)c(Cl)cc4F)c(=O)n3C2)ccc1Oc1cc(-c2c(Cl)n3n(c2=O)CCCC3)c(F)cc1Cl)OCC. The fraction of sp³-hybridized carbons (Fsp3) is 0.300. The van der Waals surface area contributed by atoms with Gasteiger partial charge in [0.05, 0.1) is 33.9 Å². The first kappa shape index (κ1) is 49.3. The number of benzene rings is 4. The van der Waals surface area contributed by atoms with Crippen LogP contribution in [0.25, 0.3) is 22.3 Å². The normalized spacial score (nSPS) is 15.0. The molecule has 0 bridgehead atoms. The number of halogens is 6. The Morgan fingerprint density at radius 2 is 1.39 bits per heavy atom. The number of aromatic hydroxyl groups is 1. The zero-order valence-electron chi connectivity index (χ0n) is 37.4. The number of ether oxygens (including phenoxy) is 5. The fourth-order valence-electron chi connectivity index (χ4n) is 8.59. The average molecular weight is 1030 g/mol. The number of hydrogen-bond donors (Lipinski definition) is 1. The maximum Gasteiger partial charge on any atom is 0.334 e. The second-order valence-electron chi connectivity index (χ2n) is 16.5. The third kappa shape index (κ3) is 10.4. The van der Waals surface area contributed by atoms with Gasteiger partial charge < -0.3 is 28.8 Å². The van der Waals surface area contributed by atoms with Crippen LogP contribution in [0.1, 0.15) is 51.0 Å². The molecule has 0 amide bonds. The number of hydrogen-bond acceptors (Lipinski definition) is 9. The fourth-order valence-corrected chi connectivity index (χ4v) is 9.69. The maximum atomic E-state index is 15.7. The summed E-state index contributed by atoms with van der Waals surface area (Å²) in [6, 6.07) is 16.2. The van der Waals surface area contributed by atoms with Crippen molar-refractivity contribution >= 4 is 52.4 Å². The molecule has 4 aromatic carbocycles. The minimum atomic E-state index is -0.777. The Morgan fingerprint density at radius 3 is 2.01 bits per heavy atom. The van der Waals surface area contributed by atoms with Gasteiger partial charge in [-0.25, -0.2) is 22.9 Å². The molecule has 2 aliphatic heterocycles. The highest BCUT2D eigenvalue weighted by atomic mass is 35.5. The number of phenolic OH excluding ortho intramolecular Hbond substituents is 1. The van der Waals surface area contributed by atoms with Gasteiger partial charge in [0.1, 0.15) is 52.4 Å². The van der Waals surface area contributed by atoms with Crippen molar-refractivity contribution in [3.8, 4) is 56.8 Å². The molecule has 0 spiro atoms. The van der Waals surface area contributed by atoms with Gasteiger partial charge in [-0.05, 0) is 98.5 Å². The molecule has 2 atom stereocenters. The molecule has 8 rings (SSSR count). The molecule has 1 unspecified atom stereocenters. The molecule has 19 heteroatoms. The minimum absolute atomic E-state index is 0.00745. The minimum Gasteiger partial charge on any atom is -0.504 e. The van der Waals surface area contributed by atoms with Crippen molar-refractivity contribution in [2.45, 2.75) is 71.6 Å². The van der Waals surface area contributed by atoms with E-state index in [1.807, 2.05) is 13.0 Å². The van der Waals surface area contributed by atoms with E-state index < -0.39 is 28.7 Å². The van der Waals surface area contributed by atoms with Gasteiger partial charge in [0.15, 0.2) is 23.0 Å². The molecule has 0 aliphatic carbocycles. The van der Waals surface area contributed by atoms with Crippen molar-refractivity contribution in [3.63, 3.8) is 0 Å². The summed E-state index contributed by atoms with van der Waals surface area (Å²) in [6.07, 6.45) is 5.45. The van der Waals surface area contributed by atoms with E-state index >= 15 is 8.78 Å². The van der Waals surface area contributed by atoms with Gasteiger partial charge in [-0.1, -0.05) is 84.2 Å². The summed E-state index contributed by atoms with van der Waals surface area (Å²) in [5.41, 5.74) is -0.361. The van der Waals surface area contributed by atoms with E-state index in [1.165, 1.54) is 45.8 Å². The van der Waals surface area contributed by atoms with Crippen molar-refractivity contribution in [1.29, 1.82) is 0 Å². The summed E-state index contributed by atoms with van der Waals surface area (Å²) in [7, 11) is 0. The Balaban J connectivity index is 1.07. The number of para-hydroxylation sites is 2. The number of carbonyl (C=O) groups excluding carboxylic acids is 1. The Hall–Kier alpha value is -6.13. The van der Waals surface area contributed by atoms with Crippen molar-refractivity contribution in [2.75, 3.05) is 19.8 Å². The molecule has 69 heavy (non-hydrogen) atoms. The predicted octanol–water partition coefficient (Wildman–Crippen LogP) is 12.2. The lowest BCUT2D eigenvalue weighted by atomic mass is 9.87. The van der Waals surface area contributed by atoms with Crippen LogP contribution in [0.15, 0.2) is 101 Å². The van der Waals surface area contributed by atoms with Crippen LogP contribution in [0.4, 0.5) is 8.78 Å². The van der Waals surface area contributed by atoms with Crippen molar-refractivity contribution in [3.05, 3.63) is 149 Å². The molecule has 13 nitrogen and oxygen atoms in total. The van der Waals surface area contributed by atoms with Gasteiger partial charge in [0.2, 0.25) is 0 Å². The molecule has 1 N–H and O–H groups in total. The molecular weight excluding hydrogens is 980 g/mol. The zero-order valence-corrected chi connectivity index (χ0v) is 40.4. The maximum absolute atomic E-state index is 15.7. The number of esters is 1. The van der Waals surface area contributed by atoms with Crippen LogP contribution in [0.3, 0.4) is 0 Å². The topological polar surface area (TPSA) is 137 Å². The first-order chi connectivity index (χ1) is 33.2. The van der Waals surface area contributed by atoms with E-state index in [1.54, 1.807) is 40.6 Å². The highest BCUT2D eigenvalue weighted by molar-refractivity contribution is 6.34. The zero-order chi connectivity index (χ0) is 49.1. The lowest BCUT2D eigenvalue weighted by Gasteiger charge is -2.28. The van der Waals surface area contributed by atoms with Crippen molar-refractivity contribution < 1.29 is 42.4 Å². The van der Waals surface area contributed by atoms with Crippen LogP contribution in [-0.4, -0.2) is 49.6 Å². The molecule has 0 saturated carbocycles. The van der Waals surface area contributed by atoms with E-state index in [2.05, 4.69) is 6.58 Å². The van der Waals surface area contributed by atoms with Gasteiger partial charge in [-0.2, -0.15) is 0 Å². The highest BCUT2D eigenvalue weighted by Gasteiger charge is 2.31. The summed E-state index contributed by atoms with van der Waals surface area (Å²) in [6.45, 7) is 8.92. The van der Waals surface area contributed by atoms with Crippen LogP contribution in [0.5, 0.6) is 34.5 Å². The first-order valence-corrected chi connectivity index (χ1v) is 23.7. The molecule has 0 fully saturated rings. The molecular formula is C50H46Cl4F2N4O9. The van der Waals surface area contributed by atoms with Crippen LogP contribution in [0, 0.1) is 17.6 Å². The molecule has 362 valence electrons. The second kappa shape index (κ2) is 21.2. The monoisotopic (exact) mass is 1020 g/mol. The Kier molecular flexibility index (Phi) is 15.2. The van der Waals surface area contributed by atoms with E-state index in [4.69, 9.17) is 70.1 Å². The molecule has 4 heterocycles. The van der Waals surface area contributed by atoms with Crippen LogP contribution in [0.2, 0.25) is 20.4 Å². The predicted molar refractivity (Wildman–Crippen MR) is 260 cm³/mol. The summed E-state index contributed by atoms with van der Waals surface area (Å²) >= 11 is 26.5. The van der Waals surface area contributed by atoms with E-state index in [0.29, 0.717) is 32.5 Å². The molecule has 0 saturated heterocycles. The van der Waals surface area contributed by atoms with E-state index in [9.17, 15) is 19.5 Å². The number of aromatic nitrogens is 4. The van der Waals surface area contributed by atoms with Gasteiger partial charge in [-0.3, -0.25) is 19.0 Å². The van der Waals surface area contributed by atoms with Crippen LogP contribution in [-0.2, 0) is 40.4 Å². The largest absolute Gasteiger partial charge is 0.504 e. The highest BCUT2D eigenvalue weighted by Crippen LogP contribution is 2.43. The average Bonchev–Trinajstić information content (AvgIpc) is 3.73. The van der Waals surface area contributed by atoms with Gasteiger partial charge >= 0.3 is 5.97 Å². The molecule has 2 aromatic heterocycles. The number of rotatable bonds is 17. The lowest BCUT2D eigenvalue weighted by Crippen LogP contribution is -2.33. The van der Waals surface area contributed by atoms with E-state index in [-0.39, 0.29) is 121 Å². The number of nitrogens with zero attached hydrogens (tertiary/aromatic N) is 4. The number of fused-ring (bicyclic) bond motifs is 2. The van der Waals surface area contributed by atoms with Gasteiger partial charge in [-0.15, -0.1) is 0 Å². The quantitative estimate of drug-likeness (QED) is 0.0410. The third-order valence-corrected chi connectivity index (χ3v) is 13.3. The summed E-state index contributed by atoms with van der Waals surface area (Å²) in [5.74, 6) is -1.85. The van der Waals surface area contributed by atoms with E-state index in [0.717, 1.165) is 30.5 Å². The standard InChI is InChI=1S/C50H46Cl4F2N4O9/c1-4-18-66-44(62)21-31(65-5-2)27-67-43-20-30(12-13-40(43)69-42-23-32(36(55)25-35(42)52)45-47(53)57-15-8-9-16-59(57)49(45)63)28(3)19-29-14-17-58-48(54)46(50(64)60(58)26-29)33-22-41(34(51)24-37(33)56)68-39-11-7-6-10-38(39)61/h4,6-7,10-13,20-25,28-29,61H,1,5,8-9,14-19,26-27H2,2-3H3/b31-21+/t28-,29?/m0/s1. The molecule has 6 aromatic rings. The van der Waals surface area contributed by atoms with Gasteiger partial charge in [0.25, 0.3) is 11.1 Å². The summed E-state index contributed by atoms with van der Waals surface area (Å²) < 4.78 is 66.9. The number of phenols is 1. The van der Waals surface area contributed by atoms with Crippen molar-refractivity contribution in [2.24, 2.45) is 5.92 Å². The molecule has 0 radical (unpaired) electrons. The van der Waals surface area contributed by atoms with Gasteiger partial charge in [0, 0.05) is 37.3 Å². The summed E-state index contributed by atoms with van der Waals surface area (Å²) in [4.78, 5) is 40.1. The number of carbonyl (C=O) groups is 1. The summed E-state index contributed by atoms with van der Waals surface area (Å²) in [5, 5.41) is 10.3. The smallest absolute Gasteiger partial charge is 0.334 e.